The molecule has 0 fully saturated rings. The van der Waals surface area contributed by atoms with Gasteiger partial charge < -0.3 is 14.9 Å². The summed E-state index contributed by atoms with van der Waals surface area (Å²) in [5.41, 5.74) is 8.75. The molecular formula is C14H12N2O2. The van der Waals surface area contributed by atoms with Crippen molar-refractivity contribution < 1.29 is 9.15 Å². The summed E-state index contributed by atoms with van der Waals surface area (Å²) in [6.45, 7) is 0. The third kappa shape index (κ3) is 1.68. The lowest BCUT2D eigenvalue weighted by molar-refractivity contribution is 0.415. The van der Waals surface area contributed by atoms with Gasteiger partial charge in [0, 0.05) is 11.8 Å². The SMILES string of the molecule is COc1cc(N)ccc1-c1nc2ccccc2o1. The quantitative estimate of drug-likeness (QED) is 0.699. The topological polar surface area (TPSA) is 61.3 Å². The molecule has 18 heavy (non-hydrogen) atoms. The molecule has 0 amide bonds. The molecule has 1 aromatic heterocycles. The molecule has 2 N–H and O–H groups in total. The summed E-state index contributed by atoms with van der Waals surface area (Å²) in [7, 11) is 1.60. The fourth-order valence-corrected chi connectivity index (χ4v) is 1.87. The van der Waals surface area contributed by atoms with E-state index >= 15 is 0 Å². The van der Waals surface area contributed by atoms with Crippen molar-refractivity contribution in [2.75, 3.05) is 12.8 Å². The van der Waals surface area contributed by atoms with Crippen molar-refractivity contribution in [1.82, 2.24) is 4.98 Å². The fraction of sp³-hybridized carbons (Fsp3) is 0.0714. The number of benzene rings is 2. The first kappa shape index (κ1) is 10.7. The second kappa shape index (κ2) is 4.07. The van der Waals surface area contributed by atoms with Crippen LogP contribution in [0.4, 0.5) is 5.69 Å². The van der Waals surface area contributed by atoms with Crippen LogP contribution in [0.15, 0.2) is 46.9 Å². The molecule has 4 heteroatoms. The Bertz CT molecular complexity index is 671. The first-order chi connectivity index (χ1) is 8.78. The van der Waals surface area contributed by atoms with Crippen LogP contribution in [0.3, 0.4) is 0 Å². The Kier molecular flexibility index (Phi) is 2.41. The van der Waals surface area contributed by atoms with E-state index in [0.717, 1.165) is 16.7 Å². The van der Waals surface area contributed by atoms with Crippen molar-refractivity contribution in [3.05, 3.63) is 42.5 Å². The molecule has 0 saturated heterocycles. The van der Waals surface area contributed by atoms with Gasteiger partial charge in [-0.15, -0.1) is 0 Å². The molecule has 0 spiro atoms. The molecule has 1 heterocycles. The van der Waals surface area contributed by atoms with Gasteiger partial charge in [-0.05, 0) is 24.3 Å². The smallest absolute Gasteiger partial charge is 0.231 e. The number of hydrogen-bond acceptors (Lipinski definition) is 4. The van der Waals surface area contributed by atoms with Gasteiger partial charge in [-0.2, -0.15) is 0 Å². The van der Waals surface area contributed by atoms with Crippen molar-refractivity contribution in [2.24, 2.45) is 0 Å². The molecular weight excluding hydrogens is 228 g/mol. The van der Waals surface area contributed by atoms with E-state index in [1.54, 1.807) is 19.2 Å². The molecule has 0 aliphatic heterocycles. The van der Waals surface area contributed by atoms with Gasteiger partial charge in [0.1, 0.15) is 11.3 Å². The van der Waals surface area contributed by atoms with E-state index in [9.17, 15) is 0 Å². The Morgan fingerprint density at radius 1 is 1.17 bits per heavy atom. The molecule has 3 aromatic rings. The maximum atomic E-state index is 5.73. The number of anilines is 1. The van der Waals surface area contributed by atoms with Crippen molar-refractivity contribution in [3.63, 3.8) is 0 Å². The Balaban J connectivity index is 2.19. The van der Waals surface area contributed by atoms with E-state index in [1.807, 2.05) is 30.3 Å². The van der Waals surface area contributed by atoms with Gasteiger partial charge >= 0.3 is 0 Å². The zero-order valence-corrected chi connectivity index (χ0v) is 9.88. The predicted octanol–water partition coefficient (Wildman–Crippen LogP) is 3.09. The van der Waals surface area contributed by atoms with Gasteiger partial charge in [0.25, 0.3) is 0 Å². The Morgan fingerprint density at radius 2 is 2.00 bits per heavy atom. The van der Waals surface area contributed by atoms with Crippen LogP contribution in [0.25, 0.3) is 22.6 Å². The van der Waals surface area contributed by atoms with Gasteiger partial charge in [-0.25, -0.2) is 4.98 Å². The number of para-hydroxylation sites is 2. The number of fused-ring (bicyclic) bond motifs is 1. The van der Waals surface area contributed by atoms with Gasteiger partial charge in [0.15, 0.2) is 5.58 Å². The molecule has 90 valence electrons. The predicted molar refractivity (Wildman–Crippen MR) is 70.4 cm³/mol. The standard InChI is InChI=1S/C14H12N2O2/c1-17-13-8-9(15)6-7-10(13)14-16-11-4-2-3-5-12(11)18-14/h2-8H,15H2,1H3. The first-order valence-corrected chi connectivity index (χ1v) is 5.57. The van der Waals surface area contributed by atoms with E-state index in [2.05, 4.69) is 4.98 Å². The first-order valence-electron chi connectivity index (χ1n) is 5.57. The molecule has 0 atom stereocenters. The maximum absolute atomic E-state index is 5.73. The number of methoxy groups -OCH3 is 1. The van der Waals surface area contributed by atoms with Gasteiger partial charge in [-0.3, -0.25) is 0 Å². The summed E-state index contributed by atoms with van der Waals surface area (Å²) in [6.07, 6.45) is 0. The lowest BCUT2D eigenvalue weighted by atomic mass is 10.2. The summed E-state index contributed by atoms with van der Waals surface area (Å²) in [6, 6.07) is 13.0. The fourth-order valence-electron chi connectivity index (χ4n) is 1.87. The van der Waals surface area contributed by atoms with Crippen LogP contribution < -0.4 is 10.5 Å². The molecule has 0 aliphatic carbocycles. The number of nitrogen functional groups attached to an aromatic ring is 1. The van der Waals surface area contributed by atoms with E-state index in [4.69, 9.17) is 14.9 Å². The van der Waals surface area contributed by atoms with Gasteiger partial charge in [-0.1, -0.05) is 12.1 Å². The third-order valence-corrected chi connectivity index (χ3v) is 2.75. The van der Waals surface area contributed by atoms with Crippen molar-refractivity contribution in [1.29, 1.82) is 0 Å². The second-order valence-corrected chi connectivity index (χ2v) is 3.95. The highest BCUT2D eigenvalue weighted by atomic mass is 16.5. The summed E-state index contributed by atoms with van der Waals surface area (Å²) >= 11 is 0. The monoisotopic (exact) mass is 240 g/mol. The van der Waals surface area contributed by atoms with Gasteiger partial charge in [0.2, 0.25) is 5.89 Å². The molecule has 3 rings (SSSR count). The molecule has 0 saturated carbocycles. The van der Waals surface area contributed by atoms with Crippen LogP contribution in [-0.2, 0) is 0 Å². The normalized spacial score (nSPS) is 10.7. The highest BCUT2D eigenvalue weighted by molar-refractivity contribution is 5.78. The molecule has 0 unspecified atom stereocenters. The maximum Gasteiger partial charge on any atom is 0.231 e. The summed E-state index contributed by atoms with van der Waals surface area (Å²) < 4.78 is 11.0. The summed E-state index contributed by atoms with van der Waals surface area (Å²) in [5, 5.41) is 0. The van der Waals surface area contributed by atoms with Crippen LogP contribution in [0.2, 0.25) is 0 Å². The average molecular weight is 240 g/mol. The summed E-state index contributed by atoms with van der Waals surface area (Å²) in [4.78, 5) is 4.43. The van der Waals surface area contributed by atoms with Crippen molar-refractivity contribution in [2.45, 2.75) is 0 Å². The highest BCUT2D eigenvalue weighted by Gasteiger charge is 2.12. The average Bonchev–Trinajstić information content (AvgIpc) is 2.82. The molecule has 4 nitrogen and oxygen atoms in total. The summed E-state index contributed by atoms with van der Waals surface area (Å²) in [5.74, 6) is 1.19. The molecule has 2 aromatic carbocycles. The van der Waals surface area contributed by atoms with Crippen molar-refractivity contribution >= 4 is 16.8 Å². The number of hydrogen-bond donors (Lipinski definition) is 1. The molecule has 0 radical (unpaired) electrons. The van der Waals surface area contributed by atoms with Gasteiger partial charge in [0.05, 0.1) is 12.7 Å². The van der Waals surface area contributed by atoms with E-state index in [0.29, 0.717) is 17.3 Å². The zero-order valence-electron chi connectivity index (χ0n) is 9.88. The largest absolute Gasteiger partial charge is 0.496 e. The number of nitrogens with two attached hydrogens (primary N) is 1. The minimum Gasteiger partial charge on any atom is -0.496 e. The number of aromatic nitrogens is 1. The van der Waals surface area contributed by atoms with Crippen LogP contribution in [0, 0.1) is 0 Å². The number of rotatable bonds is 2. The molecule has 0 bridgehead atoms. The number of ether oxygens (including phenoxy) is 1. The van der Waals surface area contributed by atoms with E-state index in [-0.39, 0.29) is 0 Å². The van der Waals surface area contributed by atoms with Crippen molar-refractivity contribution in [3.8, 4) is 17.2 Å². The minimum atomic E-state index is 0.535. The number of oxazole rings is 1. The lowest BCUT2D eigenvalue weighted by Gasteiger charge is -2.05. The zero-order chi connectivity index (χ0) is 12.5. The highest BCUT2D eigenvalue weighted by Crippen LogP contribution is 2.32. The molecule has 0 aliphatic rings. The van der Waals surface area contributed by atoms with E-state index < -0.39 is 0 Å². The Hall–Kier alpha value is -2.49. The van der Waals surface area contributed by atoms with Crippen LogP contribution >= 0.6 is 0 Å². The van der Waals surface area contributed by atoms with Crippen LogP contribution in [0.5, 0.6) is 5.75 Å². The minimum absolute atomic E-state index is 0.535. The van der Waals surface area contributed by atoms with E-state index in [1.165, 1.54) is 0 Å². The van der Waals surface area contributed by atoms with Crippen LogP contribution in [0.1, 0.15) is 0 Å². The Morgan fingerprint density at radius 3 is 2.78 bits per heavy atom. The number of nitrogens with zero attached hydrogens (tertiary/aromatic N) is 1. The lowest BCUT2D eigenvalue weighted by Crippen LogP contribution is -1.91. The Labute approximate surface area is 104 Å². The van der Waals surface area contributed by atoms with Crippen LogP contribution in [-0.4, -0.2) is 12.1 Å². The third-order valence-electron chi connectivity index (χ3n) is 2.75. The second-order valence-electron chi connectivity index (χ2n) is 3.95.